The van der Waals surface area contributed by atoms with Gasteiger partial charge in [0.15, 0.2) is 0 Å². The number of anilines is 1. The van der Waals surface area contributed by atoms with Crippen LogP contribution in [0.5, 0.6) is 5.75 Å². The second kappa shape index (κ2) is 14.6. The van der Waals surface area contributed by atoms with Crippen LogP contribution in [0.2, 0.25) is 0 Å². The second-order valence-electron chi connectivity index (χ2n) is 13.8. The van der Waals surface area contributed by atoms with E-state index in [1.165, 1.54) is 11.1 Å². The lowest BCUT2D eigenvalue weighted by molar-refractivity contribution is -0.125. The lowest BCUT2D eigenvalue weighted by Crippen LogP contribution is -2.45. The van der Waals surface area contributed by atoms with Crippen molar-refractivity contribution >= 4 is 17.6 Å². The number of methoxy groups -OCH3 is 1. The molecule has 2 aromatic heterocycles. The molecule has 0 unspecified atom stereocenters. The maximum Gasteiger partial charge on any atom is 0.231 e. The minimum atomic E-state index is -0.0648. The van der Waals surface area contributed by atoms with E-state index in [-0.39, 0.29) is 35.7 Å². The van der Waals surface area contributed by atoms with Crippen molar-refractivity contribution < 1.29 is 14.3 Å². The highest BCUT2D eigenvalue weighted by Gasteiger charge is 2.34. The van der Waals surface area contributed by atoms with E-state index in [0.29, 0.717) is 18.4 Å². The highest BCUT2D eigenvalue weighted by atomic mass is 16.5. The first-order valence-electron chi connectivity index (χ1n) is 16.9. The van der Waals surface area contributed by atoms with Gasteiger partial charge in [-0.2, -0.15) is 5.10 Å². The Hall–Kier alpha value is -3.68. The molecule has 45 heavy (non-hydrogen) atoms. The molecule has 2 aliphatic rings. The summed E-state index contributed by atoms with van der Waals surface area (Å²) in [6.07, 6.45) is 13.4. The lowest BCUT2D eigenvalue weighted by atomic mass is 9.78. The molecule has 0 radical (unpaired) electrons. The summed E-state index contributed by atoms with van der Waals surface area (Å²) in [7, 11) is 1.72. The number of aryl methyl sites for hydroxylation is 1. The van der Waals surface area contributed by atoms with Gasteiger partial charge >= 0.3 is 0 Å². The van der Waals surface area contributed by atoms with Crippen LogP contribution >= 0.6 is 0 Å². The maximum absolute atomic E-state index is 14.3. The van der Waals surface area contributed by atoms with Crippen LogP contribution in [0.4, 0.5) is 5.82 Å². The topological polar surface area (TPSA) is 89.4 Å². The number of aromatic nitrogens is 3. The molecule has 0 aliphatic heterocycles. The van der Waals surface area contributed by atoms with Crippen LogP contribution in [-0.4, -0.2) is 46.3 Å². The molecular weight excluding hydrogens is 562 g/mol. The van der Waals surface area contributed by atoms with Crippen molar-refractivity contribution in [3.05, 3.63) is 60.0 Å². The fourth-order valence-corrected chi connectivity index (χ4v) is 6.98. The van der Waals surface area contributed by atoms with Crippen LogP contribution in [0.1, 0.15) is 102 Å². The summed E-state index contributed by atoms with van der Waals surface area (Å²) >= 11 is 0. The molecule has 0 bridgehead atoms. The Balaban J connectivity index is 1.32. The Morgan fingerprint density at radius 3 is 2.33 bits per heavy atom. The van der Waals surface area contributed by atoms with Gasteiger partial charge in [0.1, 0.15) is 11.6 Å². The molecule has 2 aliphatic carbocycles. The van der Waals surface area contributed by atoms with Crippen molar-refractivity contribution in [2.24, 2.45) is 17.8 Å². The van der Waals surface area contributed by atoms with E-state index >= 15 is 0 Å². The minimum absolute atomic E-state index is 0.0327. The number of ether oxygens (including phenoxy) is 1. The van der Waals surface area contributed by atoms with Gasteiger partial charge in [-0.1, -0.05) is 26.0 Å². The van der Waals surface area contributed by atoms with Crippen LogP contribution in [-0.2, 0) is 9.59 Å². The quantitative estimate of drug-likeness (QED) is 0.256. The number of nitrogens with one attached hydrogen (secondary N) is 1. The molecule has 2 fully saturated rings. The van der Waals surface area contributed by atoms with E-state index in [2.05, 4.69) is 61.6 Å². The molecule has 0 saturated heterocycles. The van der Waals surface area contributed by atoms with E-state index in [4.69, 9.17) is 9.72 Å². The van der Waals surface area contributed by atoms with Crippen molar-refractivity contribution in [2.75, 3.05) is 18.6 Å². The van der Waals surface area contributed by atoms with Gasteiger partial charge in [0, 0.05) is 48.4 Å². The van der Waals surface area contributed by atoms with Crippen molar-refractivity contribution in [3.63, 3.8) is 0 Å². The zero-order valence-electron chi connectivity index (χ0n) is 28.0. The van der Waals surface area contributed by atoms with Crippen LogP contribution in [0.25, 0.3) is 11.1 Å². The van der Waals surface area contributed by atoms with Gasteiger partial charge < -0.3 is 10.1 Å². The predicted octanol–water partition coefficient (Wildman–Crippen LogP) is 7.48. The van der Waals surface area contributed by atoms with Gasteiger partial charge in [0.05, 0.1) is 13.3 Å². The van der Waals surface area contributed by atoms with Crippen LogP contribution in [0.3, 0.4) is 0 Å². The van der Waals surface area contributed by atoms with Gasteiger partial charge in [-0.05, 0) is 119 Å². The number of benzene rings is 1. The van der Waals surface area contributed by atoms with E-state index in [0.717, 1.165) is 74.1 Å². The smallest absolute Gasteiger partial charge is 0.231 e. The summed E-state index contributed by atoms with van der Waals surface area (Å²) in [4.78, 5) is 33.3. The molecule has 0 atom stereocenters. The first-order chi connectivity index (χ1) is 21.6. The Morgan fingerprint density at radius 2 is 1.71 bits per heavy atom. The number of hydrogen-bond acceptors (Lipinski definition) is 5. The van der Waals surface area contributed by atoms with Gasteiger partial charge in [0.25, 0.3) is 0 Å². The Kier molecular flexibility index (Phi) is 10.6. The standard InChI is InChI=1S/C37H51N5O3/c1-24(2)36(43)40-33-14-11-29(12-15-33)37(44)41(35-20-31(17-18-38-35)32-21-39-42(23-32)25(3)4)22-27-7-9-28(10-8-27)30-13-16-34(45-6)26(5)19-30/h13,16-21,23-25,27-29,33H,7-12,14-15,22H2,1-6H3,(H,40,43). The van der Waals surface area contributed by atoms with Crippen LogP contribution in [0.15, 0.2) is 48.9 Å². The van der Waals surface area contributed by atoms with E-state index in [1.807, 2.05) is 41.9 Å². The zero-order chi connectivity index (χ0) is 32.1. The number of amides is 2. The monoisotopic (exact) mass is 613 g/mol. The Labute approximate surface area is 269 Å². The Bertz CT molecular complexity index is 1450. The molecule has 1 N–H and O–H groups in total. The average Bonchev–Trinajstić information content (AvgIpc) is 3.55. The van der Waals surface area contributed by atoms with Crippen molar-refractivity contribution in [1.82, 2.24) is 20.1 Å². The molecule has 2 amide bonds. The third-order valence-corrected chi connectivity index (χ3v) is 9.88. The molecule has 242 valence electrons. The van der Waals surface area contributed by atoms with Gasteiger partial charge in [-0.3, -0.25) is 19.2 Å². The molecule has 3 aromatic rings. The number of pyridine rings is 1. The van der Waals surface area contributed by atoms with E-state index in [1.54, 1.807) is 7.11 Å². The fourth-order valence-electron chi connectivity index (χ4n) is 6.98. The summed E-state index contributed by atoms with van der Waals surface area (Å²) in [6.45, 7) is 10.9. The SMILES string of the molecule is COc1ccc(C2CCC(CN(C(=O)C3CCC(NC(=O)C(C)C)CC3)c3cc(-c4cnn(C(C)C)c4)ccn3)CC2)cc1C. The summed E-state index contributed by atoms with van der Waals surface area (Å²) in [5, 5.41) is 7.71. The second-order valence-corrected chi connectivity index (χ2v) is 13.8. The summed E-state index contributed by atoms with van der Waals surface area (Å²) in [6, 6.07) is 11.0. The molecule has 8 nitrogen and oxygen atoms in total. The number of rotatable bonds is 10. The summed E-state index contributed by atoms with van der Waals surface area (Å²) in [5.41, 5.74) is 4.61. The first-order valence-corrected chi connectivity index (χ1v) is 16.9. The number of carbonyl (C=O) groups excluding carboxylic acids is 2. The number of carbonyl (C=O) groups is 2. The van der Waals surface area contributed by atoms with E-state index in [9.17, 15) is 9.59 Å². The highest BCUT2D eigenvalue weighted by Crippen LogP contribution is 2.39. The van der Waals surface area contributed by atoms with Crippen molar-refractivity contribution in [1.29, 1.82) is 0 Å². The number of nitrogens with zero attached hydrogens (tertiary/aromatic N) is 4. The summed E-state index contributed by atoms with van der Waals surface area (Å²) < 4.78 is 7.43. The normalized spacial score (nSPS) is 22.0. The average molecular weight is 614 g/mol. The molecule has 2 heterocycles. The summed E-state index contributed by atoms with van der Waals surface area (Å²) in [5.74, 6) is 2.76. The largest absolute Gasteiger partial charge is 0.496 e. The van der Waals surface area contributed by atoms with Gasteiger partial charge in [0.2, 0.25) is 11.8 Å². The molecule has 1 aromatic carbocycles. The number of hydrogen-bond donors (Lipinski definition) is 1. The van der Waals surface area contributed by atoms with Gasteiger partial charge in [-0.15, -0.1) is 0 Å². The third-order valence-electron chi connectivity index (χ3n) is 9.88. The lowest BCUT2D eigenvalue weighted by Gasteiger charge is -2.36. The molecular formula is C37H51N5O3. The van der Waals surface area contributed by atoms with Crippen molar-refractivity contribution in [2.45, 2.75) is 104 Å². The molecule has 0 spiro atoms. The Morgan fingerprint density at radius 1 is 0.978 bits per heavy atom. The fraction of sp³-hybridized carbons (Fsp3) is 0.568. The van der Waals surface area contributed by atoms with E-state index < -0.39 is 0 Å². The third kappa shape index (κ3) is 7.95. The van der Waals surface area contributed by atoms with Gasteiger partial charge in [-0.25, -0.2) is 4.98 Å². The molecule has 5 rings (SSSR count). The maximum atomic E-state index is 14.3. The molecule has 2 saturated carbocycles. The minimum Gasteiger partial charge on any atom is -0.496 e. The van der Waals surface area contributed by atoms with Crippen molar-refractivity contribution in [3.8, 4) is 16.9 Å². The van der Waals surface area contributed by atoms with Crippen LogP contribution < -0.4 is 15.0 Å². The predicted molar refractivity (Wildman–Crippen MR) is 179 cm³/mol. The van der Waals surface area contributed by atoms with Crippen LogP contribution in [0, 0.1) is 24.7 Å². The highest BCUT2D eigenvalue weighted by molar-refractivity contribution is 5.94. The first kappa shape index (κ1) is 32.7. The molecule has 8 heteroatoms. The zero-order valence-corrected chi connectivity index (χ0v) is 28.0.